The van der Waals surface area contributed by atoms with E-state index >= 15 is 0 Å². The van der Waals surface area contributed by atoms with Gasteiger partial charge in [0.05, 0.1) is 12.7 Å². The van der Waals surface area contributed by atoms with Crippen LogP contribution < -0.4 is 4.74 Å². The van der Waals surface area contributed by atoms with E-state index in [-0.39, 0.29) is 17.1 Å². The zero-order chi connectivity index (χ0) is 15.8. The Kier molecular flexibility index (Phi) is 6.09. The number of carbonyl (C=O) groups excluding carboxylic acids is 1. The van der Waals surface area contributed by atoms with Crippen molar-refractivity contribution in [2.45, 2.75) is 0 Å². The number of ketones is 1. The maximum absolute atomic E-state index is 12.1. The molecule has 0 saturated carbocycles. The van der Waals surface area contributed by atoms with Crippen molar-refractivity contribution in [3.05, 3.63) is 59.7 Å². The highest BCUT2D eigenvalue weighted by Gasteiger charge is 2.13. The maximum Gasteiger partial charge on any atom is 0.425 e. The van der Waals surface area contributed by atoms with Gasteiger partial charge in [-0.1, -0.05) is 30.3 Å². The van der Waals surface area contributed by atoms with Gasteiger partial charge in [-0.2, -0.15) is 0 Å². The molecule has 0 amide bonds. The van der Waals surface area contributed by atoms with Crippen LogP contribution in [0.3, 0.4) is 0 Å². The Bertz CT molecular complexity index is 716. The molecule has 0 atom stereocenters. The van der Waals surface area contributed by atoms with Crippen LogP contribution in [0.2, 0.25) is 0 Å². The molecule has 0 fully saturated rings. The molecule has 2 aromatic carbocycles. The van der Waals surface area contributed by atoms with Gasteiger partial charge in [0.1, 0.15) is 11.5 Å². The average molecular weight is 308 g/mol. The fourth-order valence-corrected chi connectivity index (χ4v) is 1.58. The molecule has 0 radical (unpaired) electrons. The first kappa shape index (κ1) is 16.4. The van der Waals surface area contributed by atoms with Crippen molar-refractivity contribution in [2.75, 3.05) is 7.11 Å². The van der Waals surface area contributed by atoms with Crippen molar-refractivity contribution in [1.82, 2.24) is 0 Å². The molecular weight excluding hydrogens is 296 g/mol. The van der Waals surface area contributed by atoms with Gasteiger partial charge in [0.15, 0.2) is 5.78 Å². The third-order valence-electron chi connectivity index (χ3n) is 2.49. The molecule has 0 saturated heterocycles. The Morgan fingerprint density at radius 3 is 2.10 bits per heavy atom. The molecule has 0 unspecified atom stereocenters. The molecule has 1 N–H and O–H groups in total. The van der Waals surface area contributed by atoms with Gasteiger partial charge >= 0.3 is 10.6 Å². The SMILES string of the molecule is COc1ccc(C(=O)c2ccccc2)c(O)c1.O=S(=O)=O. The number of methoxy groups -OCH3 is 1. The van der Waals surface area contributed by atoms with Crippen molar-refractivity contribution < 1.29 is 27.3 Å². The van der Waals surface area contributed by atoms with Gasteiger partial charge in [-0.05, 0) is 12.1 Å². The van der Waals surface area contributed by atoms with Crippen molar-refractivity contribution in [1.29, 1.82) is 0 Å². The zero-order valence-corrected chi connectivity index (χ0v) is 11.8. The van der Waals surface area contributed by atoms with E-state index < -0.39 is 10.6 Å². The monoisotopic (exact) mass is 308 g/mol. The number of aromatic hydroxyl groups is 1. The highest BCUT2D eigenvalue weighted by Crippen LogP contribution is 2.25. The molecule has 0 bridgehead atoms. The van der Waals surface area contributed by atoms with E-state index in [0.29, 0.717) is 11.3 Å². The summed E-state index contributed by atoms with van der Waals surface area (Å²) in [6.07, 6.45) is 0. The van der Waals surface area contributed by atoms with Gasteiger partial charge in [-0.25, -0.2) is 0 Å². The van der Waals surface area contributed by atoms with Crippen molar-refractivity contribution in [2.24, 2.45) is 0 Å². The summed E-state index contributed by atoms with van der Waals surface area (Å²) in [5.74, 6) is 0.246. The molecular formula is C14H12O6S. The Hall–Kier alpha value is -2.67. The molecule has 21 heavy (non-hydrogen) atoms. The van der Waals surface area contributed by atoms with E-state index in [0.717, 1.165) is 0 Å². The van der Waals surface area contributed by atoms with E-state index in [1.54, 1.807) is 36.4 Å². The van der Waals surface area contributed by atoms with Crippen LogP contribution in [0.25, 0.3) is 0 Å². The summed E-state index contributed by atoms with van der Waals surface area (Å²) in [6.45, 7) is 0. The third kappa shape index (κ3) is 5.07. The number of hydrogen-bond donors (Lipinski definition) is 1. The standard InChI is InChI=1S/C14H12O3.O3S/c1-17-11-7-8-12(13(15)9-11)14(16)10-5-3-2-4-6-10;1-4(2)3/h2-9,15H,1H3;. The molecule has 110 valence electrons. The van der Waals surface area contributed by atoms with Crippen LogP contribution in [0.5, 0.6) is 11.5 Å². The maximum atomic E-state index is 12.1. The van der Waals surface area contributed by atoms with Crippen molar-refractivity contribution in [3.8, 4) is 11.5 Å². The first-order valence-electron chi connectivity index (χ1n) is 5.69. The Balaban J connectivity index is 0.000000491. The minimum absolute atomic E-state index is 0.0711. The Morgan fingerprint density at radius 1 is 1.05 bits per heavy atom. The summed E-state index contributed by atoms with van der Waals surface area (Å²) in [6, 6.07) is 13.5. The molecule has 0 spiro atoms. The van der Waals surface area contributed by atoms with Gasteiger partial charge in [0.2, 0.25) is 0 Å². The second kappa shape index (κ2) is 7.81. The lowest BCUT2D eigenvalue weighted by Gasteiger charge is -2.06. The number of rotatable bonds is 3. The van der Waals surface area contributed by atoms with Crippen LogP contribution in [0.1, 0.15) is 15.9 Å². The molecule has 0 heterocycles. The minimum Gasteiger partial charge on any atom is -0.507 e. The number of carbonyl (C=O) groups is 1. The van der Waals surface area contributed by atoms with Crippen molar-refractivity contribution >= 4 is 16.4 Å². The van der Waals surface area contributed by atoms with E-state index in [1.165, 1.54) is 13.2 Å². The molecule has 0 aromatic heterocycles. The lowest BCUT2D eigenvalue weighted by atomic mass is 10.0. The average Bonchev–Trinajstić information content (AvgIpc) is 2.46. The molecule has 7 heteroatoms. The van der Waals surface area contributed by atoms with Crippen LogP contribution in [-0.4, -0.2) is 30.6 Å². The van der Waals surface area contributed by atoms with Crippen LogP contribution in [-0.2, 0) is 10.6 Å². The van der Waals surface area contributed by atoms with Crippen LogP contribution >= 0.6 is 0 Å². The Morgan fingerprint density at radius 2 is 1.62 bits per heavy atom. The van der Waals surface area contributed by atoms with Gasteiger partial charge in [-0.15, -0.1) is 12.6 Å². The molecule has 2 aromatic rings. The fraction of sp³-hybridized carbons (Fsp3) is 0.0714. The topological polar surface area (TPSA) is 97.7 Å². The molecule has 2 rings (SSSR count). The van der Waals surface area contributed by atoms with Crippen LogP contribution in [0, 0.1) is 0 Å². The van der Waals surface area contributed by atoms with Crippen LogP contribution in [0.4, 0.5) is 0 Å². The smallest absolute Gasteiger partial charge is 0.425 e. The first-order chi connectivity index (χ1) is 9.95. The summed E-state index contributed by atoms with van der Waals surface area (Å²) >= 11 is 0. The zero-order valence-electron chi connectivity index (χ0n) is 11.0. The van der Waals surface area contributed by atoms with Crippen LogP contribution in [0.15, 0.2) is 48.5 Å². The highest BCUT2D eigenvalue weighted by molar-refractivity contribution is 7.59. The summed E-state index contributed by atoms with van der Waals surface area (Å²) in [4.78, 5) is 12.1. The van der Waals surface area contributed by atoms with Crippen molar-refractivity contribution in [3.63, 3.8) is 0 Å². The first-order valence-corrected chi connectivity index (χ1v) is 6.69. The molecule has 0 aliphatic carbocycles. The van der Waals surface area contributed by atoms with Gasteiger partial charge in [0, 0.05) is 11.6 Å². The summed E-state index contributed by atoms with van der Waals surface area (Å²) in [5.41, 5.74) is 0.824. The second-order valence-electron chi connectivity index (χ2n) is 3.78. The fourth-order valence-electron chi connectivity index (χ4n) is 1.58. The largest absolute Gasteiger partial charge is 0.507 e. The summed E-state index contributed by atoms with van der Waals surface area (Å²) in [5, 5.41) is 9.75. The number of hydrogen-bond acceptors (Lipinski definition) is 6. The quantitative estimate of drug-likeness (QED) is 0.865. The third-order valence-corrected chi connectivity index (χ3v) is 2.49. The van der Waals surface area contributed by atoms with E-state index in [1.807, 2.05) is 6.07 Å². The lowest BCUT2D eigenvalue weighted by molar-refractivity contribution is 0.103. The highest BCUT2D eigenvalue weighted by atomic mass is 32.2. The minimum atomic E-state index is -3.11. The van der Waals surface area contributed by atoms with Gasteiger partial charge < -0.3 is 9.84 Å². The Labute approximate surface area is 122 Å². The van der Waals surface area contributed by atoms with E-state index in [2.05, 4.69) is 0 Å². The lowest BCUT2D eigenvalue weighted by Crippen LogP contribution is -2.01. The predicted octanol–water partition coefficient (Wildman–Crippen LogP) is 1.63. The van der Waals surface area contributed by atoms with E-state index in [9.17, 15) is 9.90 Å². The summed E-state index contributed by atoms with van der Waals surface area (Å²) in [7, 11) is -1.60. The number of phenols is 1. The normalized spacial score (nSPS) is 9.19. The molecule has 0 aliphatic heterocycles. The predicted molar refractivity (Wildman–Crippen MR) is 74.2 cm³/mol. The molecule has 6 nitrogen and oxygen atoms in total. The summed E-state index contributed by atoms with van der Waals surface area (Å²) < 4.78 is 30.3. The number of phenolic OH excluding ortho intramolecular Hbond substituents is 1. The van der Waals surface area contributed by atoms with Gasteiger partial charge in [-0.3, -0.25) is 4.79 Å². The number of ether oxygens (including phenoxy) is 1. The van der Waals surface area contributed by atoms with E-state index in [4.69, 9.17) is 17.4 Å². The molecule has 0 aliphatic rings. The number of benzene rings is 2. The van der Waals surface area contributed by atoms with Gasteiger partial charge in [0.25, 0.3) is 0 Å². The second-order valence-corrected chi connectivity index (χ2v) is 4.19.